The molecule has 22 heavy (non-hydrogen) atoms. The van der Waals surface area contributed by atoms with E-state index in [1.165, 1.54) is 6.42 Å². The van der Waals surface area contributed by atoms with Crippen molar-refractivity contribution in [2.75, 3.05) is 6.54 Å². The number of hydrogen-bond acceptors (Lipinski definition) is 7. The van der Waals surface area contributed by atoms with Gasteiger partial charge in [0.1, 0.15) is 12.7 Å². The fraction of sp³-hybridized carbons (Fsp3) is 0.429. The average Bonchev–Trinajstić information content (AvgIpc) is 3.28. The zero-order valence-corrected chi connectivity index (χ0v) is 12.8. The van der Waals surface area contributed by atoms with Gasteiger partial charge in [-0.1, -0.05) is 11.2 Å². The molecule has 3 aromatic heterocycles. The van der Waals surface area contributed by atoms with Gasteiger partial charge in [0.05, 0.1) is 18.0 Å². The Hall–Kier alpha value is -2.06. The summed E-state index contributed by atoms with van der Waals surface area (Å²) < 4.78 is 7.29. The highest BCUT2D eigenvalue weighted by molar-refractivity contribution is 7.13. The molecule has 4 rings (SSSR count). The maximum absolute atomic E-state index is 5.40. The van der Waals surface area contributed by atoms with Crippen molar-refractivity contribution in [2.24, 2.45) is 0 Å². The van der Waals surface area contributed by atoms with Crippen LogP contribution in [0, 0.1) is 0 Å². The number of nitrogens with zero attached hydrogens (tertiary/aromatic N) is 6. The summed E-state index contributed by atoms with van der Waals surface area (Å²) in [6.45, 7) is 2.60. The summed E-state index contributed by atoms with van der Waals surface area (Å²) in [4.78, 5) is 11.9. The van der Waals surface area contributed by atoms with Crippen molar-refractivity contribution < 1.29 is 4.52 Å². The number of hydrogen-bond donors (Lipinski definition) is 0. The summed E-state index contributed by atoms with van der Waals surface area (Å²) in [5, 5.41) is 10.3. The van der Waals surface area contributed by atoms with E-state index >= 15 is 0 Å². The molecule has 3 aromatic rings. The monoisotopic (exact) mass is 316 g/mol. The van der Waals surface area contributed by atoms with Crippen LogP contribution in [-0.4, -0.2) is 42.4 Å². The summed E-state index contributed by atoms with van der Waals surface area (Å²) >= 11 is 1.62. The molecule has 0 N–H and O–H groups in total. The molecule has 7 nitrogen and oxygen atoms in total. The minimum atomic E-state index is 0.443. The molecule has 1 aliphatic heterocycles. The van der Waals surface area contributed by atoms with Crippen LogP contribution in [-0.2, 0) is 13.1 Å². The molecule has 1 fully saturated rings. The third-order valence-electron chi connectivity index (χ3n) is 3.91. The Kier molecular flexibility index (Phi) is 3.69. The van der Waals surface area contributed by atoms with Crippen LogP contribution in [0.5, 0.6) is 0 Å². The second-order valence-electron chi connectivity index (χ2n) is 5.37. The van der Waals surface area contributed by atoms with Gasteiger partial charge in [-0.25, -0.2) is 4.98 Å². The van der Waals surface area contributed by atoms with Gasteiger partial charge in [-0.2, -0.15) is 10.1 Å². The fourth-order valence-corrected chi connectivity index (χ4v) is 3.50. The molecule has 1 atom stereocenters. The van der Waals surface area contributed by atoms with E-state index in [1.807, 2.05) is 22.2 Å². The summed E-state index contributed by atoms with van der Waals surface area (Å²) in [5.74, 6) is 1.35. The largest absolute Gasteiger partial charge is 0.338 e. The molecule has 1 aliphatic rings. The first kappa shape index (κ1) is 13.6. The molecular formula is C14H16N6OS. The standard InChI is InChI=1S/C14H16N6OS/c1-3-11(7-20-10-15-9-16-20)19(5-1)8-13-17-14(18-21-13)12-4-2-6-22-12/h2,4,6,9-11H,1,3,5,7-8H2/t11-/m0/s1. The van der Waals surface area contributed by atoms with E-state index in [0.29, 0.717) is 24.3 Å². The lowest BCUT2D eigenvalue weighted by atomic mass is 10.2. The van der Waals surface area contributed by atoms with E-state index in [9.17, 15) is 0 Å². The number of thiophene rings is 1. The molecule has 8 heteroatoms. The smallest absolute Gasteiger partial charge is 0.241 e. The Morgan fingerprint density at radius 1 is 1.41 bits per heavy atom. The van der Waals surface area contributed by atoms with Crippen molar-refractivity contribution in [1.29, 1.82) is 0 Å². The quantitative estimate of drug-likeness (QED) is 0.717. The zero-order valence-electron chi connectivity index (χ0n) is 12.0. The maximum Gasteiger partial charge on any atom is 0.241 e. The van der Waals surface area contributed by atoms with Crippen LogP contribution in [0.1, 0.15) is 18.7 Å². The Morgan fingerprint density at radius 2 is 2.41 bits per heavy atom. The number of likely N-dealkylation sites (tertiary alicyclic amines) is 1. The highest BCUT2D eigenvalue weighted by Gasteiger charge is 2.26. The van der Waals surface area contributed by atoms with E-state index in [0.717, 1.165) is 24.4 Å². The van der Waals surface area contributed by atoms with Gasteiger partial charge in [-0.15, -0.1) is 11.3 Å². The molecule has 0 unspecified atom stereocenters. The van der Waals surface area contributed by atoms with Crippen LogP contribution in [0.15, 0.2) is 34.7 Å². The van der Waals surface area contributed by atoms with Crippen LogP contribution >= 0.6 is 11.3 Å². The molecule has 0 spiro atoms. The Bertz CT molecular complexity index is 708. The van der Waals surface area contributed by atoms with Crippen molar-refractivity contribution >= 4 is 11.3 Å². The van der Waals surface area contributed by atoms with Gasteiger partial charge in [0.15, 0.2) is 0 Å². The number of aromatic nitrogens is 5. The van der Waals surface area contributed by atoms with E-state index in [-0.39, 0.29) is 0 Å². The van der Waals surface area contributed by atoms with Gasteiger partial charge < -0.3 is 4.52 Å². The Morgan fingerprint density at radius 3 is 3.23 bits per heavy atom. The third kappa shape index (κ3) is 2.79. The van der Waals surface area contributed by atoms with Gasteiger partial charge in [0, 0.05) is 6.04 Å². The van der Waals surface area contributed by atoms with E-state index in [2.05, 4.69) is 25.1 Å². The third-order valence-corrected chi connectivity index (χ3v) is 4.78. The molecule has 4 heterocycles. The Labute approximate surface area is 131 Å². The lowest BCUT2D eigenvalue weighted by molar-refractivity contribution is 0.192. The van der Waals surface area contributed by atoms with E-state index in [1.54, 1.807) is 24.0 Å². The normalized spacial score (nSPS) is 19.0. The summed E-state index contributed by atoms with van der Waals surface area (Å²) in [7, 11) is 0. The maximum atomic E-state index is 5.40. The van der Waals surface area contributed by atoms with Gasteiger partial charge in [-0.3, -0.25) is 9.58 Å². The minimum Gasteiger partial charge on any atom is -0.338 e. The van der Waals surface area contributed by atoms with Gasteiger partial charge in [0.2, 0.25) is 11.7 Å². The van der Waals surface area contributed by atoms with Gasteiger partial charge in [0.25, 0.3) is 0 Å². The lowest BCUT2D eigenvalue weighted by Crippen LogP contribution is -2.32. The fourth-order valence-electron chi connectivity index (χ4n) is 2.85. The van der Waals surface area contributed by atoms with Crippen LogP contribution in [0.2, 0.25) is 0 Å². The molecule has 114 valence electrons. The molecule has 0 aliphatic carbocycles. The van der Waals surface area contributed by atoms with Crippen LogP contribution in [0.3, 0.4) is 0 Å². The first-order chi connectivity index (χ1) is 10.9. The zero-order chi connectivity index (χ0) is 14.8. The predicted octanol–water partition coefficient (Wildman–Crippen LogP) is 2.05. The molecule has 0 saturated carbocycles. The van der Waals surface area contributed by atoms with Crippen molar-refractivity contribution in [3.63, 3.8) is 0 Å². The average molecular weight is 316 g/mol. The van der Waals surface area contributed by atoms with E-state index < -0.39 is 0 Å². The SMILES string of the molecule is c1csc(-c2noc(CN3CCC[C@H]3Cn3cncn3)n2)c1. The lowest BCUT2D eigenvalue weighted by Gasteiger charge is -2.22. The minimum absolute atomic E-state index is 0.443. The van der Waals surface area contributed by atoms with Crippen LogP contribution in [0.25, 0.3) is 10.7 Å². The van der Waals surface area contributed by atoms with Gasteiger partial charge >= 0.3 is 0 Å². The van der Waals surface area contributed by atoms with Crippen molar-refractivity contribution in [2.45, 2.75) is 32.0 Å². The second-order valence-corrected chi connectivity index (χ2v) is 6.32. The highest BCUT2D eigenvalue weighted by Crippen LogP contribution is 2.24. The van der Waals surface area contributed by atoms with Crippen molar-refractivity contribution in [1.82, 2.24) is 29.8 Å². The van der Waals surface area contributed by atoms with Gasteiger partial charge in [-0.05, 0) is 30.8 Å². The highest BCUT2D eigenvalue weighted by atomic mass is 32.1. The summed E-state index contributed by atoms with van der Waals surface area (Å²) in [6.07, 6.45) is 5.68. The molecule has 0 bridgehead atoms. The van der Waals surface area contributed by atoms with E-state index in [4.69, 9.17) is 4.52 Å². The second kappa shape index (κ2) is 5.98. The first-order valence-electron chi connectivity index (χ1n) is 7.31. The topological polar surface area (TPSA) is 72.9 Å². The Balaban J connectivity index is 1.44. The first-order valence-corrected chi connectivity index (χ1v) is 8.19. The molecular weight excluding hydrogens is 300 g/mol. The summed E-state index contributed by atoms with van der Waals surface area (Å²) in [5.41, 5.74) is 0. The molecule has 0 amide bonds. The summed E-state index contributed by atoms with van der Waals surface area (Å²) in [6, 6.07) is 4.44. The molecule has 1 saturated heterocycles. The number of rotatable bonds is 5. The molecule has 0 aromatic carbocycles. The van der Waals surface area contributed by atoms with Crippen molar-refractivity contribution in [3.8, 4) is 10.7 Å². The predicted molar refractivity (Wildman–Crippen MR) is 81.1 cm³/mol. The van der Waals surface area contributed by atoms with Crippen molar-refractivity contribution in [3.05, 3.63) is 36.1 Å². The van der Waals surface area contributed by atoms with Crippen LogP contribution < -0.4 is 0 Å². The van der Waals surface area contributed by atoms with Crippen LogP contribution in [0.4, 0.5) is 0 Å². The molecule has 0 radical (unpaired) electrons.